The van der Waals surface area contributed by atoms with Crippen LogP contribution < -0.4 is 10.6 Å². The molecule has 3 aromatic rings. The maximum Gasteiger partial charge on any atom is 0.241 e. The highest BCUT2D eigenvalue weighted by Gasteiger charge is 2.14. The first-order valence-corrected chi connectivity index (χ1v) is 8.68. The van der Waals surface area contributed by atoms with E-state index in [0.29, 0.717) is 5.92 Å². The maximum atomic E-state index is 12.4. The summed E-state index contributed by atoms with van der Waals surface area (Å²) in [5, 5.41) is 10.3. The third kappa shape index (κ3) is 4.55. The second-order valence-electron chi connectivity index (χ2n) is 6.32. The highest BCUT2D eigenvalue weighted by Crippen LogP contribution is 2.14. The standard InChI is InChI=1S/C20H23N5O/c1-15(17-6-4-3-5-7-17)12-22-16(2)20(26)24-18-8-10-19(11-9-18)25-14-21-13-23-25/h3-11,13-16,22H,12H2,1-2H3,(H,24,26)/t15-,16+/m0/s1. The van der Waals surface area contributed by atoms with Crippen LogP contribution in [0.2, 0.25) is 0 Å². The molecule has 0 unspecified atom stereocenters. The van der Waals surface area contributed by atoms with Crippen LogP contribution in [0.25, 0.3) is 5.69 Å². The molecule has 0 spiro atoms. The number of amides is 1. The zero-order chi connectivity index (χ0) is 18.4. The van der Waals surface area contributed by atoms with Crippen molar-refractivity contribution in [1.29, 1.82) is 0 Å². The zero-order valence-electron chi connectivity index (χ0n) is 15.0. The van der Waals surface area contributed by atoms with E-state index in [1.54, 1.807) is 11.0 Å². The molecule has 1 amide bonds. The van der Waals surface area contributed by atoms with Gasteiger partial charge >= 0.3 is 0 Å². The van der Waals surface area contributed by atoms with E-state index in [1.807, 2.05) is 49.4 Å². The van der Waals surface area contributed by atoms with E-state index in [9.17, 15) is 4.79 Å². The molecule has 0 bridgehead atoms. The Hall–Kier alpha value is -2.99. The predicted octanol–water partition coefficient (Wildman–Crippen LogP) is 2.99. The number of anilines is 1. The summed E-state index contributed by atoms with van der Waals surface area (Å²) in [6, 6.07) is 17.5. The van der Waals surface area contributed by atoms with Gasteiger partial charge in [0.15, 0.2) is 0 Å². The molecule has 0 saturated heterocycles. The van der Waals surface area contributed by atoms with Crippen LogP contribution in [0.5, 0.6) is 0 Å². The average molecular weight is 349 g/mol. The van der Waals surface area contributed by atoms with Gasteiger partial charge < -0.3 is 10.6 Å². The van der Waals surface area contributed by atoms with Crippen LogP contribution >= 0.6 is 0 Å². The largest absolute Gasteiger partial charge is 0.325 e. The molecular formula is C20H23N5O. The monoisotopic (exact) mass is 349 g/mol. The van der Waals surface area contributed by atoms with Gasteiger partial charge in [-0.15, -0.1) is 0 Å². The van der Waals surface area contributed by atoms with Crippen LogP contribution in [0.15, 0.2) is 67.3 Å². The number of carbonyl (C=O) groups excluding carboxylic acids is 1. The number of hydrogen-bond acceptors (Lipinski definition) is 4. The van der Waals surface area contributed by atoms with E-state index in [1.165, 1.54) is 11.9 Å². The first-order chi connectivity index (χ1) is 12.6. The summed E-state index contributed by atoms with van der Waals surface area (Å²) < 4.78 is 1.67. The molecule has 134 valence electrons. The Morgan fingerprint density at radius 1 is 1.08 bits per heavy atom. The number of nitrogens with zero attached hydrogens (tertiary/aromatic N) is 3. The molecule has 26 heavy (non-hydrogen) atoms. The van der Waals surface area contributed by atoms with Gasteiger partial charge in [-0.3, -0.25) is 4.79 Å². The number of carbonyl (C=O) groups is 1. The van der Waals surface area contributed by atoms with Crippen LogP contribution in [0, 0.1) is 0 Å². The van der Waals surface area contributed by atoms with Gasteiger partial charge in [0.2, 0.25) is 5.91 Å². The number of aromatic nitrogens is 3. The Balaban J connectivity index is 1.51. The van der Waals surface area contributed by atoms with Gasteiger partial charge in [0, 0.05) is 12.2 Å². The molecule has 0 aliphatic carbocycles. The molecule has 1 aromatic heterocycles. The fourth-order valence-electron chi connectivity index (χ4n) is 2.64. The van der Waals surface area contributed by atoms with Crippen molar-refractivity contribution in [3.05, 3.63) is 72.8 Å². The highest BCUT2D eigenvalue weighted by atomic mass is 16.2. The fraction of sp³-hybridized carbons (Fsp3) is 0.250. The van der Waals surface area contributed by atoms with E-state index in [-0.39, 0.29) is 11.9 Å². The molecule has 6 nitrogen and oxygen atoms in total. The van der Waals surface area contributed by atoms with Gasteiger partial charge in [0.05, 0.1) is 11.7 Å². The summed E-state index contributed by atoms with van der Waals surface area (Å²) in [6.45, 7) is 4.76. The molecule has 6 heteroatoms. The van der Waals surface area contributed by atoms with Gasteiger partial charge in [0.1, 0.15) is 12.7 Å². The predicted molar refractivity (Wildman–Crippen MR) is 102 cm³/mol. The first-order valence-electron chi connectivity index (χ1n) is 8.68. The van der Waals surface area contributed by atoms with E-state index < -0.39 is 0 Å². The second-order valence-corrected chi connectivity index (χ2v) is 6.32. The molecule has 0 fully saturated rings. The normalized spacial score (nSPS) is 13.2. The average Bonchev–Trinajstić information content (AvgIpc) is 3.22. The second kappa shape index (κ2) is 8.40. The minimum Gasteiger partial charge on any atom is -0.325 e. The minimum atomic E-state index is -0.281. The Labute approximate surface area is 153 Å². The third-order valence-corrected chi connectivity index (χ3v) is 4.31. The lowest BCUT2D eigenvalue weighted by atomic mass is 10.0. The third-order valence-electron chi connectivity index (χ3n) is 4.31. The molecular weight excluding hydrogens is 326 g/mol. The van der Waals surface area contributed by atoms with Crippen LogP contribution in [-0.4, -0.2) is 33.3 Å². The molecule has 2 N–H and O–H groups in total. The van der Waals surface area contributed by atoms with Crippen molar-refractivity contribution < 1.29 is 4.79 Å². The molecule has 0 aliphatic rings. The summed E-state index contributed by atoms with van der Waals surface area (Å²) in [7, 11) is 0. The van der Waals surface area contributed by atoms with Crippen LogP contribution in [0.4, 0.5) is 5.69 Å². The zero-order valence-corrected chi connectivity index (χ0v) is 15.0. The summed E-state index contributed by atoms with van der Waals surface area (Å²) >= 11 is 0. The van der Waals surface area contributed by atoms with Gasteiger partial charge in [-0.25, -0.2) is 9.67 Å². The fourth-order valence-corrected chi connectivity index (χ4v) is 2.64. The van der Waals surface area contributed by atoms with Crippen molar-refractivity contribution in [2.45, 2.75) is 25.8 Å². The Morgan fingerprint density at radius 2 is 1.81 bits per heavy atom. The minimum absolute atomic E-state index is 0.0567. The van der Waals surface area contributed by atoms with Gasteiger partial charge in [-0.05, 0) is 42.7 Å². The summed E-state index contributed by atoms with van der Waals surface area (Å²) in [4.78, 5) is 16.3. The lowest BCUT2D eigenvalue weighted by molar-refractivity contribution is -0.117. The van der Waals surface area contributed by atoms with Gasteiger partial charge in [-0.1, -0.05) is 37.3 Å². The summed E-state index contributed by atoms with van der Waals surface area (Å²) in [6.07, 6.45) is 3.12. The van der Waals surface area contributed by atoms with Crippen molar-refractivity contribution in [1.82, 2.24) is 20.1 Å². The summed E-state index contributed by atoms with van der Waals surface area (Å²) in [5.74, 6) is 0.284. The summed E-state index contributed by atoms with van der Waals surface area (Å²) in [5.41, 5.74) is 2.91. The number of hydrogen-bond donors (Lipinski definition) is 2. The topological polar surface area (TPSA) is 71.8 Å². The number of benzene rings is 2. The molecule has 3 rings (SSSR count). The van der Waals surface area contributed by atoms with Crippen LogP contribution in [0.3, 0.4) is 0 Å². The van der Waals surface area contributed by atoms with Crippen molar-refractivity contribution in [2.75, 3.05) is 11.9 Å². The van der Waals surface area contributed by atoms with E-state index in [4.69, 9.17) is 0 Å². The molecule has 0 aliphatic heterocycles. The van der Waals surface area contributed by atoms with Crippen LogP contribution in [-0.2, 0) is 4.79 Å². The Morgan fingerprint density at radius 3 is 2.46 bits per heavy atom. The van der Waals surface area contributed by atoms with Gasteiger partial charge in [-0.2, -0.15) is 5.10 Å². The highest BCUT2D eigenvalue weighted by molar-refractivity contribution is 5.94. The lowest BCUT2D eigenvalue weighted by Crippen LogP contribution is -2.39. The molecule has 2 aromatic carbocycles. The van der Waals surface area contributed by atoms with E-state index in [0.717, 1.165) is 17.9 Å². The van der Waals surface area contributed by atoms with Crippen molar-refractivity contribution >= 4 is 11.6 Å². The smallest absolute Gasteiger partial charge is 0.241 e. The van der Waals surface area contributed by atoms with Crippen molar-refractivity contribution in [3.8, 4) is 5.69 Å². The van der Waals surface area contributed by atoms with Crippen molar-refractivity contribution in [3.63, 3.8) is 0 Å². The molecule has 1 heterocycles. The number of rotatable bonds is 7. The number of nitrogens with one attached hydrogen (secondary N) is 2. The molecule has 2 atom stereocenters. The van der Waals surface area contributed by atoms with Crippen LogP contribution in [0.1, 0.15) is 25.3 Å². The molecule has 0 saturated carbocycles. The molecule has 0 radical (unpaired) electrons. The van der Waals surface area contributed by atoms with Crippen molar-refractivity contribution in [2.24, 2.45) is 0 Å². The van der Waals surface area contributed by atoms with Gasteiger partial charge in [0.25, 0.3) is 0 Å². The quantitative estimate of drug-likeness (QED) is 0.688. The first kappa shape index (κ1) is 17.8. The van der Waals surface area contributed by atoms with E-state index >= 15 is 0 Å². The van der Waals surface area contributed by atoms with E-state index in [2.05, 4.69) is 39.8 Å². The Bertz CT molecular complexity index is 815. The Kier molecular flexibility index (Phi) is 5.76. The lowest BCUT2D eigenvalue weighted by Gasteiger charge is -2.18. The maximum absolute atomic E-state index is 12.4. The SMILES string of the molecule is C[C@@H](NC[C@H](C)c1ccccc1)C(=O)Nc1ccc(-n2cncn2)cc1.